The second-order valence-electron chi connectivity index (χ2n) is 6.68. The topological polar surface area (TPSA) is 12.5 Å². The molecule has 0 N–H and O–H groups in total. The van der Waals surface area contributed by atoms with Crippen molar-refractivity contribution in [2.45, 2.75) is 36.0 Å². The molecule has 1 fully saturated rings. The zero-order valence-electron chi connectivity index (χ0n) is 14.1. The molecular formula is C21H25NOS. The molecule has 0 aromatic heterocycles. The quantitative estimate of drug-likeness (QED) is 0.787. The molecule has 2 aliphatic rings. The van der Waals surface area contributed by atoms with Crippen LogP contribution in [0.4, 0.5) is 0 Å². The lowest BCUT2D eigenvalue weighted by molar-refractivity contribution is 0.0543. The zero-order valence-corrected chi connectivity index (χ0v) is 14.9. The Hall–Kier alpha value is -1.29. The van der Waals surface area contributed by atoms with Gasteiger partial charge >= 0.3 is 0 Å². The predicted octanol–water partition coefficient (Wildman–Crippen LogP) is 4.88. The van der Waals surface area contributed by atoms with Crippen molar-refractivity contribution in [3.63, 3.8) is 0 Å². The van der Waals surface area contributed by atoms with Crippen LogP contribution in [0, 0.1) is 0 Å². The number of likely N-dealkylation sites (tertiary alicyclic amines) is 1. The number of nitrogens with zero attached hydrogens (tertiary/aromatic N) is 1. The van der Waals surface area contributed by atoms with E-state index in [2.05, 4.69) is 53.4 Å². The van der Waals surface area contributed by atoms with Crippen LogP contribution in [0.25, 0.3) is 0 Å². The maximum Gasteiger partial charge on any atom is 0.109 e. The molecule has 24 heavy (non-hydrogen) atoms. The van der Waals surface area contributed by atoms with Gasteiger partial charge in [-0.3, -0.25) is 0 Å². The Morgan fingerprint density at radius 2 is 1.67 bits per heavy atom. The molecule has 126 valence electrons. The van der Waals surface area contributed by atoms with Gasteiger partial charge in [-0.1, -0.05) is 48.9 Å². The summed E-state index contributed by atoms with van der Waals surface area (Å²) in [5.41, 5.74) is 4.07. The van der Waals surface area contributed by atoms with Crippen molar-refractivity contribution in [1.29, 1.82) is 0 Å². The molecule has 0 radical (unpaired) electrons. The lowest BCUT2D eigenvalue weighted by Crippen LogP contribution is -2.33. The van der Waals surface area contributed by atoms with Crippen LogP contribution < -0.4 is 0 Å². The molecule has 0 aliphatic carbocycles. The van der Waals surface area contributed by atoms with Gasteiger partial charge < -0.3 is 9.64 Å². The molecule has 0 saturated carbocycles. The van der Waals surface area contributed by atoms with E-state index in [9.17, 15) is 0 Å². The fourth-order valence-corrected chi connectivity index (χ4v) is 4.83. The fraction of sp³-hybridized carbons (Fsp3) is 0.429. The van der Waals surface area contributed by atoms with Crippen LogP contribution in [-0.2, 0) is 10.5 Å². The summed E-state index contributed by atoms with van der Waals surface area (Å²) in [6.07, 6.45) is 4.13. The molecule has 2 aliphatic heterocycles. The van der Waals surface area contributed by atoms with Gasteiger partial charge in [-0.15, -0.1) is 11.8 Å². The Kier molecular flexibility index (Phi) is 5.21. The summed E-state index contributed by atoms with van der Waals surface area (Å²) in [6.45, 7) is 4.32. The van der Waals surface area contributed by atoms with Crippen LogP contribution in [0.15, 0.2) is 53.4 Å². The zero-order chi connectivity index (χ0) is 16.2. The first kappa shape index (κ1) is 16.2. The van der Waals surface area contributed by atoms with Gasteiger partial charge in [-0.2, -0.15) is 0 Å². The van der Waals surface area contributed by atoms with Crippen molar-refractivity contribution >= 4 is 11.8 Å². The van der Waals surface area contributed by atoms with Gasteiger partial charge in [0.15, 0.2) is 0 Å². The summed E-state index contributed by atoms with van der Waals surface area (Å²) in [4.78, 5) is 3.91. The van der Waals surface area contributed by atoms with Crippen LogP contribution in [0.2, 0.25) is 0 Å². The second-order valence-corrected chi connectivity index (χ2v) is 7.70. The van der Waals surface area contributed by atoms with E-state index >= 15 is 0 Å². The van der Waals surface area contributed by atoms with E-state index in [4.69, 9.17) is 4.74 Å². The van der Waals surface area contributed by atoms with E-state index in [0.29, 0.717) is 0 Å². The number of hydrogen-bond acceptors (Lipinski definition) is 3. The third-order valence-electron chi connectivity index (χ3n) is 5.06. The van der Waals surface area contributed by atoms with Crippen LogP contribution in [-0.4, -0.2) is 31.1 Å². The normalized spacial score (nSPS) is 20.9. The molecule has 2 aromatic carbocycles. The summed E-state index contributed by atoms with van der Waals surface area (Å²) >= 11 is 1.93. The molecule has 0 amide bonds. The monoisotopic (exact) mass is 339 g/mol. The fourth-order valence-electron chi connectivity index (χ4n) is 3.74. The number of benzene rings is 2. The molecule has 4 rings (SSSR count). The second kappa shape index (κ2) is 7.73. The highest BCUT2D eigenvalue weighted by atomic mass is 32.2. The largest absolute Gasteiger partial charge is 0.367 e. The first-order valence-electron chi connectivity index (χ1n) is 9.05. The summed E-state index contributed by atoms with van der Waals surface area (Å²) in [5.74, 6) is 1.03. The van der Waals surface area contributed by atoms with Gasteiger partial charge in [-0.25, -0.2) is 0 Å². The van der Waals surface area contributed by atoms with Gasteiger partial charge in [-0.05, 0) is 48.7 Å². The average molecular weight is 340 g/mol. The minimum Gasteiger partial charge on any atom is -0.367 e. The van der Waals surface area contributed by atoms with Crippen molar-refractivity contribution in [3.05, 3.63) is 65.2 Å². The van der Waals surface area contributed by atoms with Crippen molar-refractivity contribution in [2.75, 3.05) is 26.2 Å². The molecule has 0 bridgehead atoms. The highest BCUT2D eigenvalue weighted by molar-refractivity contribution is 7.98. The van der Waals surface area contributed by atoms with Crippen molar-refractivity contribution < 1.29 is 4.74 Å². The molecule has 0 spiro atoms. The van der Waals surface area contributed by atoms with Crippen molar-refractivity contribution in [2.24, 2.45) is 0 Å². The Bertz CT molecular complexity index is 634. The molecule has 1 atom stereocenters. The molecule has 2 heterocycles. The summed E-state index contributed by atoms with van der Waals surface area (Å²) < 4.78 is 6.46. The van der Waals surface area contributed by atoms with E-state index < -0.39 is 0 Å². The van der Waals surface area contributed by atoms with E-state index in [0.717, 1.165) is 18.9 Å². The van der Waals surface area contributed by atoms with Gasteiger partial charge in [0.25, 0.3) is 0 Å². The first-order valence-corrected chi connectivity index (χ1v) is 10.0. The summed E-state index contributed by atoms with van der Waals surface area (Å²) in [7, 11) is 0. The third-order valence-corrected chi connectivity index (χ3v) is 6.20. The number of piperidine rings is 1. The van der Waals surface area contributed by atoms with Gasteiger partial charge in [0.1, 0.15) is 6.10 Å². The highest BCUT2D eigenvalue weighted by Crippen LogP contribution is 2.40. The van der Waals surface area contributed by atoms with E-state index in [1.54, 1.807) is 0 Å². The Labute approximate surface area is 149 Å². The minimum atomic E-state index is 0.0668. The average Bonchev–Trinajstić information content (AvgIpc) is 2.80. The standard InChI is InChI=1S/C21H25NOS/c1-6-12-22(13-7-1)14-15-23-21-18-9-3-2-8-17(18)16-24-20-11-5-4-10-19(20)21/h2-5,8-11,21H,1,6-7,12-16H2. The number of ether oxygens (including phenoxy) is 1. The van der Waals surface area contributed by atoms with E-state index in [1.807, 2.05) is 11.8 Å². The van der Waals surface area contributed by atoms with Crippen LogP contribution >= 0.6 is 11.8 Å². The molecular weight excluding hydrogens is 314 g/mol. The number of hydrogen-bond donors (Lipinski definition) is 0. The number of fused-ring (bicyclic) bond motifs is 2. The third kappa shape index (κ3) is 3.53. The van der Waals surface area contributed by atoms with E-state index in [1.165, 1.54) is 53.9 Å². The maximum absolute atomic E-state index is 6.46. The smallest absolute Gasteiger partial charge is 0.109 e. The Morgan fingerprint density at radius 3 is 2.54 bits per heavy atom. The van der Waals surface area contributed by atoms with Crippen molar-refractivity contribution in [1.82, 2.24) is 4.90 Å². The van der Waals surface area contributed by atoms with Crippen LogP contribution in [0.5, 0.6) is 0 Å². The molecule has 2 aromatic rings. The summed E-state index contributed by atoms with van der Waals surface area (Å²) in [6, 6.07) is 17.5. The number of thioether (sulfide) groups is 1. The van der Waals surface area contributed by atoms with E-state index in [-0.39, 0.29) is 6.10 Å². The molecule has 2 nitrogen and oxygen atoms in total. The lowest BCUT2D eigenvalue weighted by Gasteiger charge is -2.27. The molecule has 1 saturated heterocycles. The van der Waals surface area contributed by atoms with Gasteiger partial charge in [0, 0.05) is 17.2 Å². The maximum atomic E-state index is 6.46. The number of rotatable bonds is 4. The Morgan fingerprint density at radius 1 is 0.917 bits per heavy atom. The SMILES string of the molecule is c1ccc2c(c1)CSc1ccccc1C2OCCN1CCCCC1. The Balaban J connectivity index is 1.54. The van der Waals surface area contributed by atoms with Gasteiger partial charge in [0.05, 0.1) is 6.61 Å². The first-order chi connectivity index (χ1) is 11.9. The lowest BCUT2D eigenvalue weighted by atomic mass is 9.97. The van der Waals surface area contributed by atoms with Crippen molar-refractivity contribution in [3.8, 4) is 0 Å². The summed E-state index contributed by atoms with van der Waals surface area (Å²) in [5, 5.41) is 0. The minimum absolute atomic E-state index is 0.0668. The molecule has 3 heteroatoms. The van der Waals surface area contributed by atoms with Crippen LogP contribution in [0.3, 0.4) is 0 Å². The molecule has 1 unspecified atom stereocenters. The predicted molar refractivity (Wildman–Crippen MR) is 101 cm³/mol. The van der Waals surface area contributed by atoms with Gasteiger partial charge in [0.2, 0.25) is 0 Å². The highest BCUT2D eigenvalue weighted by Gasteiger charge is 2.24. The van der Waals surface area contributed by atoms with Crippen LogP contribution in [0.1, 0.15) is 42.1 Å².